The van der Waals surface area contributed by atoms with Crippen LogP contribution in [0.4, 0.5) is 0 Å². The van der Waals surface area contributed by atoms with Gasteiger partial charge in [0.05, 0.1) is 0 Å². The number of carbonyl (C=O) groups is 2. The van der Waals surface area contributed by atoms with E-state index in [4.69, 9.17) is 6.64 Å². The van der Waals surface area contributed by atoms with Crippen LogP contribution in [0.15, 0.2) is 22.3 Å². The van der Waals surface area contributed by atoms with Crippen LogP contribution in [0.25, 0.3) is 0 Å². The van der Waals surface area contributed by atoms with E-state index in [1.165, 1.54) is 36.8 Å². The fourth-order valence-electron chi connectivity index (χ4n) is 4.60. The number of hydrogen-bond acceptors (Lipinski definition) is 4. The molecule has 3 aliphatic rings. The van der Waals surface area contributed by atoms with Gasteiger partial charge >= 0.3 is 158 Å². The van der Waals surface area contributed by atoms with Gasteiger partial charge in [0.15, 0.2) is 0 Å². The predicted octanol–water partition coefficient (Wildman–Crippen LogP) is 2.13. The molecule has 0 aromatic heterocycles. The maximum Gasteiger partial charge on any atom is -1.00 e. The minimum atomic E-state index is -2.75. The van der Waals surface area contributed by atoms with Crippen molar-refractivity contribution in [2.24, 2.45) is 5.92 Å². The van der Waals surface area contributed by atoms with Crippen LogP contribution in [0, 0.1) is 5.92 Å². The molecule has 6 heteroatoms. The summed E-state index contributed by atoms with van der Waals surface area (Å²) in [4.78, 5) is 23.9. The van der Waals surface area contributed by atoms with Gasteiger partial charge in [0.25, 0.3) is 0 Å². The molecule has 0 N–H and O–H groups in total. The number of fused-ring (bicyclic) bond motifs is 1. The summed E-state index contributed by atoms with van der Waals surface area (Å²) in [5, 5.41) is 0. The topological polar surface area (TPSA) is 52.6 Å². The summed E-state index contributed by atoms with van der Waals surface area (Å²) in [7, 11) is 0. The monoisotopic (exact) mass is 416 g/mol. The Balaban J connectivity index is 0.00000243. The molecule has 0 radical (unpaired) electrons. The van der Waals surface area contributed by atoms with Crippen LogP contribution in [0.5, 0.6) is 0 Å². The second-order valence-electron chi connectivity index (χ2n) is 7.29. The zero-order valence-corrected chi connectivity index (χ0v) is 18.3. The van der Waals surface area contributed by atoms with E-state index < -0.39 is 18.6 Å². The van der Waals surface area contributed by atoms with Crippen LogP contribution in [-0.4, -0.2) is 11.9 Å². The number of carbonyl (C=O) groups excluding carboxylic acids is 2. The summed E-state index contributed by atoms with van der Waals surface area (Å²) in [5.41, 5.74) is 6.20. The molecule has 0 saturated heterocycles. The molecule has 0 aromatic rings. The summed E-state index contributed by atoms with van der Waals surface area (Å²) in [6, 6.07) is 0. The van der Waals surface area contributed by atoms with Crippen molar-refractivity contribution in [2.75, 3.05) is 0 Å². The molecule has 26 heavy (non-hydrogen) atoms. The maximum absolute atomic E-state index is 12.0. The normalized spacial score (nSPS) is 24.4. The minimum Gasteiger partial charge on any atom is -1.00 e. The van der Waals surface area contributed by atoms with E-state index in [0.29, 0.717) is 18.8 Å². The molecule has 0 fully saturated rings. The van der Waals surface area contributed by atoms with E-state index in [-0.39, 0.29) is 28.6 Å². The Labute approximate surface area is 170 Å². The molecule has 0 aliphatic heterocycles. The summed E-state index contributed by atoms with van der Waals surface area (Å²) < 4.78 is 11.7. The van der Waals surface area contributed by atoms with Gasteiger partial charge in [-0.2, -0.15) is 0 Å². The van der Waals surface area contributed by atoms with Gasteiger partial charge in [-0.25, -0.2) is 0 Å². The van der Waals surface area contributed by atoms with Crippen molar-refractivity contribution in [2.45, 2.75) is 82.8 Å². The molecule has 0 saturated carbocycles. The van der Waals surface area contributed by atoms with Gasteiger partial charge in [0.2, 0.25) is 0 Å². The molecule has 0 bridgehead atoms. The average molecular weight is 417 g/mol. The first kappa shape index (κ1) is 21.7. The van der Waals surface area contributed by atoms with Crippen LogP contribution in [0.3, 0.4) is 0 Å². The van der Waals surface area contributed by atoms with Crippen LogP contribution in [0.1, 0.15) is 78.6 Å². The summed E-state index contributed by atoms with van der Waals surface area (Å²) in [6.45, 7) is 5.90. The van der Waals surface area contributed by atoms with E-state index in [1.807, 2.05) is 0 Å². The van der Waals surface area contributed by atoms with Crippen molar-refractivity contribution in [1.82, 2.24) is 0 Å². The minimum absolute atomic E-state index is 0. The fraction of sp³-hybridized carbons (Fsp3) is 0.700. The molecule has 0 amide bonds. The van der Waals surface area contributed by atoms with Gasteiger partial charge in [-0.15, -0.1) is 0 Å². The zero-order chi connectivity index (χ0) is 18.0. The Morgan fingerprint density at radius 2 is 1.54 bits per heavy atom. The summed E-state index contributed by atoms with van der Waals surface area (Å²) in [6.07, 6.45) is 8.89. The molecule has 0 heterocycles. The summed E-state index contributed by atoms with van der Waals surface area (Å²) >= 11 is -2.75. The van der Waals surface area contributed by atoms with Crippen molar-refractivity contribution in [3.05, 3.63) is 22.3 Å². The Hall–Kier alpha value is -0.576. The smallest absolute Gasteiger partial charge is 1.00 e. The predicted molar refractivity (Wildman–Crippen MR) is 92.1 cm³/mol. The second-order valence-corrected chi connectivity index (χ2v) is 10.0. The van der Waals surface area contributed by atoms with Gasteiger partial charge in [-0.05, 0) is 0 Å². The molecule has 2 unspecified atom stereocenters. The van der Waals surface area contributed by atoms with E-state index in [9.17, 15) is 9.59 Å². The van der Waals surface area contributed by atoms with Gasteiger partial charge < -0.3 is 12.4 Å². The molecule has 0 aromatic carbocycles. The molecule has 3 aliphatic carbocycles. The zero-order valence-electron chi connectivity index (χ0n) is 16.0. The van der Waals surface area contributed by atoms with Crippen molar-refractivity contribution in [3.8, 4) is 0 Å². The Morgan fingerprint density at radius 3 is 2.15 bits per heavy atom. The Kier molecular flexibility index (Phi) is 7.99. The van der Waals surface area contributed by atoms with Crippen LogP contribution < -0.4 is 12.4 Å². The Morgan fingerprint density at radius 1 is 0.962 bits per heavy atom. The quantitative estimate of drug-likeness (QED) is 0.644. The number of rotatable bonds is 5. The fourth-order valence-corrected chi connectivity index (χ4v) is 8.00. The summed E-state index contributed by atoms with van der Waals surface area (Å²) in [5.74, 6) is -0.0104. The molecular weight excluding hydrogens is 388 g/mol. The van der Waals surface area contributed by atoms with Crippen molar-refractivity contribution in [3.63, 3.8) is 0 Å². The SMILES string of the molecule is CCC(=O)[O][Ti+]([O]C(=O)CC)[CH]1CCCC2=C1C(C)C1=C2CCCC1.[Cl-]. The standard InChI is InChI=1S/C14H19.2C3H6O2.ClH.Ti/c1-10-11-6-2-4-8-13(11)14-9-5-3-7-12(10)14;2*1-2-3(4)5;;/h6,10H,2-5,7-9H2,1H3;2*2H2,1H3,(H,4,5);1H;/q;;;;+3/p-3. The van der Waals surface area contributed by atoms with E-state index in [0.717, 1.165) is 19.3 Å². The van der Waals surface area contributed by atoms with E-state index in [2.05, 4.69) is 6.92 Å². The van der Waals surface area contributed by atoms with Crippen molar-refractivity contribution >= 4 is 11.9 Å². The Bertz CT molecular complexity index is 607. The van der Waals surface area contributed by atoms with Crippen molar-refractivity contribution < 1.29 is 47.3 Å². The number of allylic oxidation sites excluding steroid dienone is 4. The van der Waals surface area contributed by atoms with Gasteiger partial charge in [0.1, 0.15) is 0 Å². The van der Waals surface area contributed by atoms with Crippen LogP contribution in [-0.2, 0) is 34.9 Å². The molecule has 0 spiro atoms. The van der Waals surface area contributed by atoms with Gasteiger partial charge in [-0.1, -0.05) is 0 Å². The van der Waals surface area contributed by atoms with E-state index >= 15 is 0 Å². The first-order valence-electron chi connectivity index (χ1n) is 9.80. The first-order valence-corrected chi connectivity index (χ1v) is 12.0. The van der Waals surface area contributed by atoms with E-state index in [1.54, 1.807) is 25.0 Å². The van der Waals surface area contributed by atoms with Crippen LogP contribution in [0.2, 0.25) is 4.22 Å². The molecular formula is C20H29ClO4Ti. The van der Waals surface area contributed by atoms with Crippen LogP contribution >= 0.6 is 0 Å². The average Bonchev–Trinajstić information content (AvgIpc) is 2.94. The van der Waals surface area contributed by atoms with Crippen molar-refractivity contribution in [1.29, 1.82) is 0 Å². The van der Waals surface area contributed by atoms with Gasteiger partial charge in [0, 0.05) is 0 Å². The molecule has 2 atom stereocenters. The largest absolute Gasteiger partial charge is 1.00 e. The second kappa shape index (κ2) is 9.57. The maximum atomic E-state index is 12.0. The number of hydrogen-bond donors (Lipinski definition) is 0. The molecule has 144 valence electrons. The molecule has 3 rings (SSSR count). The van der Waals surface area contributed by atoms with Gasteiger partial charge in [-0.3, -0.25) is 0 Å². The molecule has 4 nitrogen and oxygen atoms in total. The third-order valence-electron chi connectivity index (χ3n) is 5.80. The third kappa shape index (κ3) is 4.29. The number of halogens is 1. The third-order valence-corrected chi connectivity index (χ3v) is 8.96. The first-order chi connectivity index (χ1) is 12.1.